The Kier molecular flexibility index (Phi) is 3.65. The van der Waals surface area contributed by atoms with Gasteiger partial charge < -0.3 is 9.32 Å². The van der Waals surface area contributed by atoms with Gasteiger partial charge in [-0.3, -0.25) is 9.69 Å². The summed E-state index contributed by atoms with van der Waals surface area (Å²) < 4.78 is 18.5. The third kappa shape index (κ3) is 2.88. The number of carbonyl (C=O) groups is 1. The minimum atomic E-state index is -0.183. The average molecular weight is 314 g/mol. The zero-order chi connectivity index (χ0) is 15.8. The topological polar surface area (TPSA) is 36.7 Å². The third-order valence-electron chi connectivity index (χ3n) is 4.88. The molecule has 3 heterocycles. The normalized spacial score (nSPS) is 24.1. The molecule has 2 saturated heterocycles. The average Bonchev–Trinajstić information content (AvgIpc) is 3.22. The molecule has 2 fully saturated rings. The molecule has 23 heavy (non-hydrogen) atoms. The molecular formula is C18H19FN2O2. The largest absolute Gasteiger partial charge is 0.459 e. The Bertz CT molecular complexity index is 687. The zero-order valence-corrected chi connectivity index (χ0v) is 12.8. The van der Waals surface area contributed by atoms with Crippen LogP contribution in [-0.4, -0.2) is 41.9 Å². The number of hydrogen-bond donors (Lipinski definition) is 0. The Morgan fingerprint density at radius 1 is 1.13 bits per heavy atom. The molecule has 1 amide bonds. The SMILES string of the molecule is O=C(c1ccco1)N1C[C@H]2CN(Cc3cccc(F)c3)C[C@H]2C1. The van der Waals surface area contributed by atoms with E-state index in [1.54, 1.807) is 24.3 Å². The molecule has 1 aromatic heterocycles. The Labute approximate surface area is 134 Å². The van der Waals surface area contributed by atoms with Crippen molar-refractivity contribution in [3.05, 3.63) is 59.8 Å². The van der Waals surface area contributed by atoms with Crippen molar-refractivity contribution < 1.29 is 13.6 Å². The van der Waals surface area contributed by atoms with E-state index < -0.39 is 0 Å². The second-order valence-corrected chi connectivity index (χ2v) is 6.53. The van der Waals surface area contributed by atoms with Gasteiger partial charge in [-0.2, -0.15) is 0 Å². The summed E-state index contributed by atoms with van der Waals surface area (Å²) in [5.41, 5.74) is 1.01. The van der Waals surface area contributed by atoms with E-state index in [0.29, 0.717) is 17.6 Å². The molecule has 0 unspecified atom stereocenters. The Balaban J connectivity index is 1.36. The van der Waals surface area contributed by atoms with Gasteiger partial charge >= 0.3 is 0 Å². The molecule has 5 heteroatoms. The highest BCUT2D eigenvalue weighted by Crippen LogP contribution is 2.32. The number of carbonyl (C=O) groups excluding carboxylic acids is 1. The van der Waals surface area contributed by atoms with Crippen molar-refractivity contribution in [1.29, 1.82) is 0 Å². The predicted molar refractivity (Wildman–Crippen MR) is 83.3 cm³/mol. The fraction of sp³-hybridized carbons (Fsp3) is 0.389. The van der Waals surface area contributed by atoms with Gasteiger partial charge in [-0.15, -0.1) is 0 Å². The number of furan rings is 1. The lowest BCUT2D eigenvalue weighted by molar-refractivity contribution is 0.0742. The summed E-state index contributed by atoms with van der Waals surface area (Å²) in [5.74, 6) is 1.23. The molecule has 0 spiro atoms. The molecule has 0 aliphatic carbocycles. The van der Waals surface area contributed by atoms with Crippen LogP contribution in [0.5, 0.6) is 0 Å². The van der Waals surface area contributed by atoms with E-state index in [1.807, 2.05) is 11.0 Å². The maximum atomic E-state index is 13.3. The highest BCUT2D eigenvalue weighted by atomic mass is 19.1. The van der Waals surface area contributed by atoms with Gasteiger partial charge in [-0.05, 0) is 41.7 Å². The number of hydrogen-bond acceptors (Lipinski definition) is 3. The smallest absolute Gasteiger partial charge is 0.289 e. The number of rotatable bonds is 3. The minimum Gasteiger partial charge on any atom is -0.459 e. The van der Waals surface area contributed by atoms with Crippen molar-refractivity contribution in [2.75, 3.05) is 26.2 Å². The first-order chi connectivity index (χ1) is 11.2. The van der Waals surface area contributed by atoms with E-state index in [2.05, 4.69) is 4.90 Å². The van der Waals surface area contributed by atoms with Crippen LogP contribution in [0.2, 0.25) is 0 Å². The standard InChI is InChI=1S/C18H19FN2O2/c19-16-4-1-3-13(7-16)8-20-9-14-11-21(12-15(14)10-20)18(22)17-5-2-6-23-17/h1-7,14-15H,8-12H2/t14-,15+. The van der Waals surface area contributed by atoms with Gasteiger partial charge in [-0.1, -0.05) is 12.1 Å². The molecule has 0 saturated carbocycles. The first-order valence-corrected chi connectivity index (χ1v) is 7.98. The number of benzene rings is 1. The van der Waals surface area contributed by atoms with Crippen LogP contribution < -0.4 is 0 Å². The molecule has 4 nitrogen and oxygen atoms in total. The van der Waals surface area contributed by atoms with Crippen molar-refractivity contribution in [2.24, 2.45) is 11.8 Å². The van der Waals surface area contributed by atoms with Crippen molar-refractivity contribution in [1.82, 2.24) is 9.80 Å². The fourth-order valence-corrected chi connectivity index (χ4v) is 3.83. The van der Waals surface area contributed by atoms with Gasteiger partial charge in [0.25, 0.3) is 5.91 Å². The molecule has 2 atom stereocenters. The van der Waals surface area contributed by atoms with Crippen LogP contribution in [0.4, 0.5) is 4.39 Å². The van der Waals surface area contributed by atoms with Gasteiger partial charge in [0.1, 0.15) is 5.82 Å². The summed E-state index contributed by atoms with van der Waals surface area (Å²) >= 11 is 0. The van der Waals surface area contributed by atoms with Crippen LogP contribution >= 0.6 is 0 Å². The molecule has 0 bridgehead atoms. The summed E-state index contributed by atoms with van der Waals surface area (Å²) in [4.78, 5) is 16.6. The lowest BCUT2D eigenvalue weighted by atomic mass is 10.0. The monoisotopic (exact) mass is 314 g/mol. The van der Waals surface area contributed by atoms with Crippen LogP contribution in [0.1, 0.15) is 16.1 Å². The number of halogens is 1. The van der Waals surface area contributed by atoms with Crippen LogP contribution in [-0.2, 0) is 6.54 Å². The quantitative estimate of drug-likeness (QED) is 0.874. The molecule has 2 aromatic rings. The highest BCUT2D eigenvalue weighted by Gasteiger charge is 2.41. The Morgan fingerprint density at radius 3 is 2.57 bits per heavy atom. The molecule has 0 N–H and O–H groups in total. The fourth-order valence-electron chi connectivity index (χ4n) is 3.83. The lowest BCUT2D eigenvalue weighted by Crippen LogP contribution is -2.32. The Morgan fingerprint density at radius 2 is 1.91 bits per heavy atom. The number of likely N-dealkylation sites (tertiary alicyclic amines) is 2. The van der Waals surface area contributed by atoms with Crippen molar-refractivity contribution in [3.63, 3.8) is 0 Å². The van der Waals surface area contributed by atoms with E-state index in [1.165, 1.54) is 12.3 Å². The third-order valence-corrected chi connectivity index (χ3v) is 4.88. The minimum absolute atomic E-state index is 0.0129. The lowest BCUT2D eigenvalue weighted by Gasteiger charge is -2.21. The number of fused-ring (bicyclic) bond motifs is 1. The van der Waals surface area contributed by atoms with Gasteiger partial charge in [0.05, 0.1) is 6.26 Å². The first kappa shape index (κ1) is 14.5. The van der Waals surface area contributed by atoms with Gasteiger partial charge in [-0.25, -0.2) is 4.39 Å². The molecule has 2 aliphatic rings. The summed E-state index contributed by atoms with van der Waals surface area (Å²) in [5, 5.41) is 0. The van der Waals surface area contributed by atoms with E-state index in [0.717, 1.165) is 38.3 Å². The molecule has 0 radical (unpaired) electrons. The molecule has 1 aromatic carbocycles. The maximum Gasteiger partial charge on any atom is 0.289 e. The molecular weight excluding hydrogens is 295 g/mol. The van der Waals surface area contributed by atoms with Crippen LogP contribution in [0.3, 0.4) is 0 Å². The van der Waals surface area contributed by atoms with Crippen molar-refractivity contribution in [2.45, 2.75) is 6.54 Å². The summed E-state index contributed by atoms with van der Waals surface area (Å²) in [6, 6.07) is 10.2. The van der Waals surface area contributed by atoms with Crippen molar-refractivity contribution >= 4 is 5.91 Å². The first-order valence-electron chi connectivity index (χ1n) is 7.98. The van der Waals surface area contributed by atoms with Gasteiger partial charge in [0, 0.05) is 32.7 Å². The van der Waals surface area contributed by atoms with Gasteiger partial charge in [0.2, 0.25) is 0 Å². The number of nitrogens with zero attached hydrogens (tertiary/aromatic N) is 2. The van der Waals surface area contributed by atoms with Gasteiger partial charge in [0.15, 0.2) is 5.76 Å². The van der Waals surface area contributed by atoms with E-state index in [4.69, 9.17) is 4.42 Å². The second-order valence-electron chi connectivity index (χ2n) is 6.53. The Hall–Kier alpha value is -2.14. The molecule has 120 valence electrons. The number of amides is 1. The highest BCUT2D eigenvalue weighted by molar-refractivity contribution is 5.91. The summed E-state index contributed by atoms with van der Waals surface area (Å²) in [6.07, 6.45) is 1.53. The molecule has 2 aliphatic heterocycles. The summed E-state index contributed by atoms with van der Waals surface area (Å²) in [6.45, 7) is 4.26. The maximum absolute atomic E-state index is 13.3. The van der Waals surface area contributed by atoms with E-state index in [9.17, 15) is 9.18 Å². The second kappa shape index (κ2) is 5.81. The predicted octanol–water partition coefficient (Wildman–Crippen LogP) is 2.62. The van der Waals surface area contributed by atoms with Crippen LogP contribution in [0, 0.1) is 17.7 Å². The van der Waals surface area contributed by atoms with Crippen LogP contribution in [0.25, 0.3) is 0 Å². The summed E-state index contributed by atoms with van der Waals surface area (Å²) in [7, 11) is 0. The van der Waals surface area contributed by atoms with E-state index >= 15 is 0 Å². The van der Waals surface area contributed by atoms with Crippen molar-refractivity contribution in [3.8, 4) is 0 Å². The zero-order valence-electron chi connectivity index (χ0n) is 12.8. The van der Waals surface area contributed by atoms with Crippen LogP contribution in [0.15, 0.2) is 47.1 Å². The molecule has 4 rings (SSSR count). The van der Waals surface area contributed by atoms with E-state index in [-0.39, 0.29) is 11.7 Å².